The summed E-state index contributed by atoms with van der Waals surface area (Å²) in [4.78, 5) is 0. The summed E-state index contributed by atoms with van der Waals surface area (Å²) in [5, 5.41) is 0. The minimum atomic E-state index is 0.680. The van der Waals surface area contributed by atoms with Crippen molar-refractivity contribution in [1.29, 1.82) is 0 Å². The van der Waals surface area contributed by atoms with Crippen molar-refractivity contribution in [2.24, 2.45) is 29.1 Å². The van der Waals surface area contributed by atoms with Gasteiger partial charge >= 0.3 is 0 Å². The van der Waals surface area contributed by atoms with Crippen LogP contribution in [0, 0.1) is 29.1 Å². The van der Waals surface area contributed by atoms with Crippen LogP contribution in [0.25, 0.3) is 0 Å². The SMILES string of the molecule is CCCCC1(C)C(C)C1C(C)C(C)C. The molecule has 1 aliphatic carbocycles. The zero-order valence-electron chi connectivity index (χ0n) is 10.9. The second-order valence-corrected chi connectivity index (χ2v) is 6.03. The molecule has 0 radical (unpaired) electrons. The van der Waals surface area contributed by atoms with Crippen LogP contribution in [0.4, 0.5) is 0 Å². The van der Waals surface area contributed by atoms with E-state index in [9.17, 15) is 0 Å². The van der Waals surface area contributed by atoms with Gasteiger partial charge in [-0.1, -0.05) is 54.4 Å². The zero-order valence-corrected chi connectivity index (χ0v) is 10.9. The molecule has 4 unspecified atom stereocenters. The van der Waals surface area contributed by atoms with Gasteiger partial charge < -0.3 is 0 Å². The molecule has 0 aliphatic heterocycles. The third-order valence-electron chi connectivity index (χ3n) is 4.92. The molecule has 0 aromatic heterocycles. The van der Waals surface area contributed by atoms with Gasteiger partial charge in [0, 0.05) is 0 Å². The lowest BCUT2D eigenvalue weighted by Gasteiger charge is -2.19. The van der Waals surface area contributed by atoms with Gasteiger partial charge in [0.15, 0.2) is 0 Å². The molecule has 1 fully saturated rings. The summed E-state index contributed by atoms with van der Waals surface area (Å²) < 4.78 is 0. The van der Waals surface area contributed by atoms with E-state index in [2.05, 4.69) is 41.5 Å². The summed E-state index contributed by atoms with van der Waals surface area (Å²) in [6.07, 6.45) is 4.22. The number of hydrogen-bond acceptors (Lipinski definition) is 0. The maximum absolute atomic E-state index is 2.51. The van der Waals surface area contributed by atoms with E-state index in [4.69, 9.17) is 0 Å². The molecule has 84 valence electrons. The molecule has 0 N–H and O–H groups in total. The fraction of sp³-hybridized carbons (Fsp3) is 1.00. The summed E-state index contributed by atoms with van der Waals surface area (Å²) in [7, 11) is 0. The first-order chi connectivity index (χ1) is 6.45. The number of hydrogen-bond donors (Lipinski definition) is 0. The second-order valence-electron chi connectivity index (χ2n) is 6.03. The van der Waals surface area contributed by atoms with E-state index in [-0.39, 0.29) is 0 Å². The molecule has 0 aromatic rings. The predicted molar refractivity (Wildman–Crippen MR) is 64.3 cm³/mol. The highest BCUT2D eigenvalue weighted by molar-refractivity contribution is 5.07. The maximum atomic E-state index is 2.51. The van der Waals surface area contributed by atoms with Crippen molar-refractivity contribution in [2.75, 3.05) is 0 Å². The van der Waals surface area contributed by atoms with Crippen LogP contribution in [0.2, 0.25) is 0 Å². The Bertz CT molecular complexity index is 182. The highest BCUT2D eigenvalue weighted by Crippen LogP contribution is 2.65. The molecule has 0 amide bonds. The summed E-state index contributed by atoms with van der Waals surface area (Å²) >= 11 is 0. The lowest BCUT2D eigenvalue weighted by Crippen LogP contribution is -2.11. The molecule has 0 aromatic carbocycles. The Hall–Kier alpha value is 0. The molecule has 1 saturated carbocycles. The molecule has 0 spiro atoms. The molecule has 0 bridgehead atoms. The van der Waals surface area contributed by atoms with E-state index < -0.39 is 0 Å². The van der Waals surface area contributed by atoms with E-state index in [1.807, 2.05) is 0 Å². The van der Waals surface area contributed by atoms with Crippen molar-refractivity contribution in [2.45, 2.75) is 60.8 Å². The molecule has 4 atom stereocenters. The lowest BCUT2D eigenvalue weighted by atomic mass is 9.86. The fourth-order valence-electron chi connectivity index (χ4n) is 3.26. The molecule has 1 aliphatic rings. The Balaban J connectivity index is 2.50. The standard InChI is InChI=1S/C14H28/c1-7-8-9-14(6)12(5)13(14)11(4)10(2)3/h10-13H,7-9H2,1-6H3. The Kier molecular flexibility index (Phi) is 3.66. The highest BCUT2D eigenvalue weighted by Gasteiger charge is 2.59. The average Bonchev–Trinajstić information content (AvgIpc) is 2.65. The van der Waals surface area contributed by atoms with Crippen LogP contribution >= 0.6 is 0 Å². The van der Waals surface area contributed by atoms with Gasteiger partial charge in [0.05, 0.1) is 0 Å². The fourth-order valence-corrected chi connectivity index (χ4v) is 3.26. The van der Waals surface area contributed by atoms with Crippen molar-refractivity contribution in [3.63, 3.8) is 0 Å². The van der Waals surface area contributed by atoms with Crippen molar-refractivity contribution in [3.05, 3.63) is 0 Å². The Morgan fingerprint density at radius 3 is 2.21 bits per heavy atom. The van der Waals surface area contributed by atoms with Gasteiger partial charge in [0.2, 0.25) is 0 Å². The number of rotatable bonds is 5. The molecule has 1 rings (SSSR count). The van der Waals surface area contributed by atoms with Crippen LogP contribution in [0.5, 0.6) is 0 Å². The van der Waals surface area contributed by atoms with Crippen LogP contribution in [0.1, 0.15) is 60.8 Å². The third kappa shape index (κ3) is 1.99. The van der Waals surface area contributed by atoms with E-state index in [0.29, 0.717) is 5.41 Å². The molecule has 0 nitrogen and oxygen atoms in total. The largest absolute Gasteiger partial charge is 0.0654 e. The molecule has 14 heavy (non-hydrogen) atoms. The summed E-state index contributed by atoms with van der Waals surface area (Å²) in [6.45, 7) is 14.5. The van der Waals surface area contributed by atoms with Crippen LogP contribution in [-0.2, 0) is 0 Å². The number of unbranched alkanes of at least 4 members (excludes halogenated alkanes) is 1. The Labute approximate surface area is 90.5 Å². The van der Waals surface area contributed by atoms with Gasteiger partial charge in [-0.3, -0.25) is 0 Å². The molecular weight excluding hydrogens is 168 g/mol. The smallest absolute Gasteiger partial charge is 0.0264 e. The third-order valence-corrected chi connectivity index (χ3v) is 4.92. The Morgan fingerprint density at radius 2 is 1.79 bits per heavy atom. The van der Waals surface area contributed by atoms with Crippen molar-refractivity contribution in [1.82, 2.24) is 0 Å². The van der Waals surface area contributed by atoms with Crippen molar-refractivity contribution >= 4 is 0 Å². The highest BCUT2D eigenvalue weighted by atomic mass is 14.6. The molecule has 0 heterocycles. The van der Waals surface area contributed by atoms with Gasteiger partial charge in [-0.15, -0.1) is 0 Å². The maximum Gasteiger partial charge on any atom is -0.0264 e. The van der Waals surface area contributed by atoms with Crippen LogP contribution in [0.15, 0.2) is 0 Å². The molecule has 0 saturated heterocycles. The first-order valence-corrected chi connectivity index (χ1v) is 6.45. The van der Waals surface area contributed by atoms with Gasteiger partial charge in [-0.05, 0) is 35.5 Å². The summed E-state index contributed by atoms with van der Waals surface area (Å²) in [5.74, 6) is 3.72. The van der Waals surface area contributed by atoms with Gasteiger partial charge in [0.25, 0.3) is 0 Å². The lowest BCUT2D eigenvalue weighted by molar-refractivity contribution is 0.305. The van der Waals surface area contributed by atoms with Crippen LogP contribution in [-0.4, -0.2) is 0 Å². The van der Waals surface area contributed by atoms with Gasteiger partial charge in [-0.2, -0.15) is 0 Å². The minimum absolute atomic E-state index is 0.680. The van der Waals surface area contributed by atoms with Crippen LogP contribution < -0.4 is 0 Å². The van der Waals surface area contributed by atoms with E-state index in [1.165, 1.54) is 19.3 Å². The van der Waals surface area contributed by atoms with Crippen molar-refractivity contribution in [3.8, 4) is 0 Å². The average molecular weight is 196 g/mol. The minimum Gasteiger partial charge on any atom is -0.0654 e. The van der Waals surface area contributed by atoms with E-state index in [0.717, 1.165) is 23.7 Å². The van der Waals surface area contributed by atoms with Crippen LogP contribution in [0.3, 0.4) is 0 Å². The van der Waals surface area contributed by atoms with E-state index in [1.54, 1.807) is 0 Å². The summed E-state index contributed by atoms with van der Waals surface area (Å²) in [5.41, 5.74) is 0.680. The first-order valence-electron chi connectivity index (χ1n) is 6.45. The topological polar surface area (TPSA) is 0 Å². The van der Waals surface area contributed by atoms with E-state index >= 15 is 0 Å². The molecular formula is C14H28. The van der Waals surface area contributed by atoms with Gasteiger partial charge in [-0.25, -0.2) is 0 Å². The predicted octanol–water partition coefficient (Wildman–Crippen LogP) is 4.74. The normalized spacial score (nSPS) is 38.8. The molecule has 0 heteroatoms. The quantitative estimate of drug-likeness (QED) is 0.595. The zero-order chi connectivity index (χ0) is 10.9. The second kappa shape index (κ2) is 4.24. The van der Waals surface area contributed by atoms with Crippen molar-refractivity contribution < 1.29 is 0 Å². The Morgan fingerprint density at radius 1 is 1.21 bits per heavy atom. The first kappa shape index (κ1) is 12.1. The summed E-state index contributed by atoms with van der Waals surface area (Å²) in [6, 6.07) is 0. The van der Waals surface area contributed by atoms with Gasteiger partial charge in [0.1, 0.15) is 0 Å². The monoisotopic (exact) mass is 196 g/mol.